The molecule has 1 saturated heterocycles. The van der Waals surface area contributed by atoms with Gasteiger partial charge in [-0.3, -0.25) is 4.79 Å². The van der Waals surface area contributed by atoms with Gasteiger partial charge >= 0.3 is 0 Å². The van der Waals surface area contributed by atoms with Crippen LogP contribution in [0.25, 0.3) is 0 Å². The fourth-order valence-electron chi connectivity index (χ4n) is 3.32. The zero-order chi connectivity index (χ0) is 15.6. The highest BCUT2D eigenvalue weighted by Crippen LogP contribution is 2.36. The Bertz CT molecular complexity index is 552. The standard InChI is InChI=1S/C16H22ClN3O2/c17-13-4-3-12(11-14(13)20-7-9-22-10-8-20)19-16(15(18)21)5-1-2-6-16/h3-4,11,19H,1-2,5-10H2,(H2,18,21). The van der Waals surface area contributed by atoms with Gasteiger partial charge in [-0.05, 0) is 31.0 Å². The fourth-order valence-corrected chi connectivity index (χ4v) is 3.56. The SMILES string of the molecule is NC(=O)C1(Nc2ccc(Cl)c(N3CCOCC3)c2)CCCC1. The predicted molar refractivity (Wildman–Crippen MR) is 88.5 cm³/mol. The molecule has 0 atom stereocenters. The molecule has 1 aromatic carbocycles. The molecule has 120 valence electrons. The molecule has 6 heteroatoms. The quantitative estimate of drug-likeness (QED) is 0.892. The van der Waals surface area contributed by atoms with Gasteiger partial charge in [-0.15, -0.1) is 0 Å². The topological polar surface area (TPSA) is 67.6 Å². The molecule has 1 amide bonds. The lowest BCUT2D eigenvalue weighted by atomic mass is 9.96. The molecule has 0 bridgehead atoms. The van der Waals surface area contributed by atoms with Crippen molar-refractivity contribution in [1.82, 2.24) is 0 Å². The molecule has 5 nitrogen and oxygen atoms in total. The van der Waals surface area contributed by atoms with Gasteiger partial charge in [-0.25, -0.2) is 0 Å². The zero-order valence-corrected chi connectivity index (χ0v) is 13.4. The number of anilines is 2. The molecular weight excluding hydrogens is 302 g/mol. The second kappa shape index (κ2) is 6.34. The maximum atomic E-state index is 11.9. The van der Waals surface area contributed by atoms with Crippen molar-refractivity contribution in [3.63, 3.8) is 0 Å². The predicted octanol–water partition coefficient (Wildman–Crippen LogP) is 2.39. The Morgan fingerprint density at radius 2 is 1.95 bits per heavy atom. The number of amides is 1. The van der Waals surface area contributed by atoms with Crippen LogP contribution in [0.3, 0.4) is 0 Å². The van der Waals surface area contributed by atoms with Crippen molar-refractivity contribution in [2.24, 2.45) is 5.73 Å². The molecule has 1 saturated carbocycles. The van der Waals surface area contributed by atoms with E-state index < -0.39 is 5.54 Å². The minimum Gasteiger partial charge on any atom is -0.378 e. The third kappa shape index (κ3) is 3.01. The highest BCUT2D eigenvalue weighted by molar-refractivity contribution is 6.33. The van der Waals surface area contributed by atoms with Crippen LogP contribution in [0.2, 0.25) is 5.02 Å². The highest BCUT2D eigenvalue weighted by Gasteiger charge is 2.39. The largest absolute Gasteiger partial charge is 0.378 e. The number of ether oxygens (including phenoxy) is 1. The molecule has 1 aliphatic carbocycles. The van der Waals surface area contributed by atoms with Gasteiger partial charge in [0.25, 0.3) is 0 Å². The van der Waals surface area contributed by atoms with Crippen molar-refractivity contribution >= 4 is 28.9 Å². The lowest BCUT2D eigenvalue weighted by Gasteiger charge is -2.31. The number of benzene rings is 1. The van der Waals surface area contributed by atoms with Gasteiger partial charge in [0.1, 0.15) is 5.54 Å². The number of primary amides is 1. The fraction of sp³-hybridized carbons (Fsp3) is 0.562. The summed E-state index contributed by atoms with van der Waals surface area (Å²) in [6.07, 6.45) is 3.63. The number of morpholine rings is 1. The zero-order valence-electron chi connectivity index (χ0n) is 12.6. The van der Waals surface area contributed by atoms with E-state index in [1.54, 1.807) is 0 Å². The average Bonchev–Trinajstić information content (AvgIpc) is 3.00. The number of nitrogens with one attached hydrogen (secondary N) is 1. The van der Waals surface area contributed by atoms with E-state index in [4.69, 9.17) is 22.1 Å². The van der Waals surface area contributed by atoms with Crippen molar-refractivity contribution in [2.75, 3.05) is 36.5 Å². The maximum absolute atomic E-state index is 11.9. The molecule has 0 aromatic heterocycles. The molecule has 1 aliphatic heterocycles. The van der Waals surface area contributed by atoms with Gasteiger partial charge in [-0.1, -0.05) is 24.4 Å². The molecule has 0 spiro atoms. The lowest BCUT2D eigenvalue weighted by Crippen LogP contribution is -2.48. The van der Waals surface area contributed by atoms with Gasteiger partial charge < -0.3 is 20.7 Å². The summed E-state index contributed by atoms with van der Waals surface area (Å²) in [6, 6.07) is 5.80. The van der Waals surface area contributed by atoms with Gasteiger partial charge in [-0.2, -0.15) is 0 Å². The Morgan fingerprint density at radius 3 is 2.59 bits per heavy atom. The van der Waals surface area contributed by atoms with E-state index in [0.717, 1.165) is 50.1 Å². The van der Waals surface area contributed by atoms with Crippen molar-refractivity contribution in [3.05, 3.63) is 23.2 Å². The van der Waals surface area contributed by atoms with Crippen LogP contribution in [0.1, 0.15) is 25.7 Å². The summed E-state index contributed by atoms with van der Waals surface area (Å²) < 4.78 is 5.38. The van der Waals surface area contributed by atoms with Crippen LogP contribution < -0.4 is 16.0 Å². The van der Waals surface area contributed by atoms with Crippen LogP contribution in [0.5, 0.6) is 0 Å². The molecule has 2 fully saturated rings. The minimum atomic E-state index is -0.615. The van der Waals surface area contributed by atoms with Crippen LogP contribution in [0.4, 0.5) is 11.4 Å². The van der Waals surface area contributed by atoms with E-state index in [9.17, 15) is 4.79 Å². The summed E-state index contributed by atoms with van der Waals surface area (Å²) in [5.41, 5.74) is 6.90. The first kappa shape index (κ1) is 15.4. The monoisotopic (exact) mass is 323 g/mol. The third-order valence-electron chi connectivity index (χ3n) is 4.61. The van der Waals surface area contributed by atoms with E-state index in [-0.39, 0.29) is 5.91 Å². The van der Waals surface area contributed by atoms with Crippen LogP contribution in [-0.2, 0) is 9.53 Å². The Morgan fingerprint density at radius 1 is 1.27 bits per heavy atom. The van der Waals surface area contributed by atoms with Crippen molar-refractivity contribution < 1.29 is 9.53 Å². The molecular formula is C16H22ClN3O2. The van der Waals surface area contributed by atoms with E-state index in [1.165, 1.54) is 0 Å². The van der Waals surface area contributed by atoms with E-state index in [0.29, 0.717) is 18.2 Å². The van der Waals surface area contributed by atoms with E-state index in [2.05, 4.69) is 10.2 Å². The first-order valence-corrected chi connectivity index (χ1v) is 8.19. The molecule has 22 heavy (non-hydrogen) atoms. The Labute approximate surface area is 135 Å². The van der Waals surface area contributed by atoms with Crippen molar-refractivity contribution in [1.29, 1.82) is 0 Å². The Hall–Kier alpha value is -1.46. The van der Waals surface area contributed by atoms with E-state index in [1.807, 2.05) is 18.2 Å². The molecule has 3 rings (SSSR count). The molecule has 1 aromatic rings. The van der Waals surface area contributed by atoms with Gasteiger partial charge in [0, 0.05) is 18.8 Å². The smallest absolute Gasteiger partial charge is 0.243 e. The molecule has 2 aliphatic rings. The Kier molecular flexibility index (Phi) is 4.45. The van der Waals surface area contributed by atoms with E-state index >= 15 is 0 Å². The second-order valence-electron chi connectivity index (χ2n) is 6.04. The summed E-state index contributed by atoms with van der Waals surface area (Å²) in [5.74, 6) is -0.270. The summed E-state index contributed by atoms with van der Waals surface area (Å²) in [7, 11) is 0. The van der Waals surface area contributed by atoms with Gasteiger partial charge in [0.15, 0.2) is 0 Å². The molecule has 1 heterocycles. The second-order valence-corrected chi connectivity index (χ2v) is 6.45. The van der Waals surface area contributed by atoms with Crippen molar-refractivity contribution in [2.45, 2.75) is 31.2 Å². The number of hydrogen-bond acceptors (Lipinski definition) is 4. The first-order chi connectivity index (χ1) is 10.6. The van der Waals surface area contributed by atoms with Crippen LogP contribution in [-0.4, -0.2) is 37.7 Å². The average molecular weight is 324 g/mol. The summed E-state index contributed by atoms with van der Waals surface area (Å²) in [5, 5.41) is 4.08. The molecule has 3 N–H and O–H groups in total. The number of halogens is 1. The van der Waals surface area contributed by atoms with Crippen molar-refractivity contribution in [3.8, 4) is 0 Å². The van der Waals surface area contributed by atoms with Crippen LogP contribution in [0, 0.1) is 0 Å². The van der Waals surface area contributed by atoms with Gasteiger partial charge in [0.05, 0.1) is 23.9 Å². The highest BCUT2D eigenvalue weighted by atomic mass is 35.5. The number of nitrogens with two attached hydrogens (primary N) is 1. The number of nitrogens with zero attached hydrogens (tertiary/aromatic N) is 1. The van der Waals surface area contributed by atoms with Gasteiger partial charge in [0.2, 0.25) is 5.91 Å². The maximum Gasteiger partial charge on any atom is 0.243 e. The third-order valence-corrected chi connectivity index (χ3v) is 4.93. The number of rotatable bonds is 4. The lowest BCUT2D eigenvalue weighted by molar-refractivity contribution is -0.122. The number of hydrogen-bond donors (Lipinski definition) is 2. The number of carbonyl (C=O) groups excluding carboxylic acids is 1. The first-order valence-electron chi connectivity index (χ1n) is 7.81. The Balaban J connectivity index is 1.83. The normalized spacial score (nSPS) is 20.9. The minimum absolute atomic E-state index is 0.270. The summed E-state index contributed by atoms with van der Waals surface area (Å²) in [6.45, 7) is 3.06. The van der Waals surface area contributed by atoms with Crippen LogP contribution >= 0.6 is 11.6 Å². The molecule has 0 unspecified atom stereocenters. The van der Waals surface area contributed by atoms with Crippen LogP contribution in [0.15, 0.2) is 18.2 Å². The molecule has 0 radical (unpaired) electrons. The number of carbonyl (C=O) groups is 1. The summed E-state index contributed by atoms with van der Waals surface area (Å²) >= 11 is 6.34. The summed E-state index contributed by atoms with van der Waals surface area (Å²) in [4.78, 5) is 14.1.